The molecule has 0 N–H and O–H groups in total. The molecular weight excluding hydrogens is 278 g/mol. The highest BCUT2D eigenvalue weighted by Gasteiger charge is 2.27. The van der Waals surface area contributed by atoms with Gasteiger partial charge in [0.2, 0.25) is 0 Å². The lowest BCUT2D eigenvalue weighted by Gasteiger charge is -2.18. The summed E-state index contributed by atoms with van der Waals surface area (Å²) in [5, 5.41) is 0. The van der Waals surface area contributed by atoms with Crippen LogP contribution in [0.2, 0.25) is 0 Å². The number of alkyl halides is 1. The Hall–Kier alpha value is -0.480. The largest absolute Gasteiger partial charge is 0.377 e. The van der Waals surface area contributed by atoms with Crippen molar-refractivity contribution in [2.45, 2.75) is 30.7 Å². The van der Waals surface area contributed by atoms with E-state index in [2.05, 4.69) is 15.9 Å². The number of benzene rings is 1. The molecule has 0 radical (unpaired) electrons. The quantitative estimate of drug-likeness (QED) is 0.751. The van der Waals surface area contributed by atoms with Crippen LogP contribution in [0.1, 0.15) is 28.8 Å². The molecule has 16 heavy (non-hydrogen) atoms. The van der Waals surface area contributed by atoms with Crippen molar-refractivity contribution in [1.29, 1.82) is 0 Å². The molecule has 1 aliphatic rings. The van der Waals surface area contributed by atoms with Crippen LogP contribution in [0.25, 0.3) is 0 Å². The molecule has 1 heterocycles. The summed E-state index contributed by atoms with van der Waals surface area (Å²) in [5.41, 5.74) is 0.670. The molecule has 1 fully saturated rings. The molecular formula is C12H13BrF2O. The van der Waals surface area contributed by atoms with Gasteiger partial charge in [-0.15, -0.1) is 0 Å². The molecule has 2 unspecified atom stereocenters. The molecule has 88 valence electrons. The summed E-state index contributed by atoms with van der Waals surface area (Å²) in [6.45, 7) is 2.25. The molecule has 0 amide bonds. The normalized spacial score (nSPS) is 22.4. The van der Waals surface area contributed by atoms with Gasteiger partial charge in [0, 0.05) is 12.2 Å². The van der Waals surface area contributed by atoms with Gasteiger partial charge in [0.1, 0.15) is 11.6 Å². The maximum atomic E-state index is 13.7. The van der Waals surface area contributed by atoms with Crippen molar-refractivity contribution in [3.8, 4) is 0 Å². The molecule has 0 bridgehead atoms. The number of hydrogen-bond donors (Lipinski definition) is 0. The van der Waals surface area contributed by atoms with Gasteiger partial charge >= 0.3 is 0 Å². The van der Waals surface area contributed by atoms with Gasteiger partial charge in [0.15, 0.2) is 0 Å². The predicted octanol–water partition coefficient (Wildman–Crippen LogP) is 3.89. The van der Waals surface area contributed by atoms with Gasteiger partial charge in [-0.05, 0) is 37.5 Å². The summed E-state index contributed by atoms with van der Waals surface area (Å²) in [5.74, 6) is -0.755. The molecule has 0 saturated carbocycles. The van der Waals surface area contributed by atoms with E-state index in [1.54, 1.807) is 6.92 Å². The number of rotatable bonds is 2. The van der Waals surface area contributed by atoms with E-state index in [9.17, 15) is 8.78 Å². The number of aryl methyl sites for hydroxylation is 1. The molecule has 1 aromatic carbocycles. The first-order valence-electron chi connectivity index (χ1n) is 5.31. The second-order valence-electron chi connectivity index (χ2n) is 4.08. The second-order valence-corrected chi connectivity index (χ2v) is 5.06. The molecule has 1 saturated heterocycles. The third-order valence-electron chi connectivity index (χ3n) is 2.87. The summed E-state index contributed by atoms with van der Waals surface area (Å²) >= 11 is 3.39. The maximum absolute atomic E-state index is 13.7. The van der Waals surface area contributed by atoms with Crippen LogP contribution < -0.4 is 0 Å². The zero-order valence-corrected chi connectivity index (χ0v) is 10.6. The summed E-state index contributed by atoms with van der Waals surface area (Å²) in [4.78, 5) is -0.273. The minimum absolute atomic E-state index is 0.0587. The van der Waals surface area contributed by atoms with Crippen molar-refractivity contribution in [3.63, 3.8) is 0 Å². The van der Waals surface area contributed by atoms with Crippen molar-refractivity contribution in [2.24, 2.45) is 0 Å². The molecule has 2 atom stereocenters. The first-order valence-corrected chi connectivity index (χ1v) is 6.22. The van der Waals surface area contributed by atoms with Crippen LogP contribution in [0.15, 0.2) is 12.1 Å². The lowest BCUT2D eigenvalue weighted by Crippen LogP contribution is -2.14. The standard InChI is InChI=1S/C12H13BrF2O/c1-7-5-10(15)8(6-9(7)14)12(13)11-3-2-4-16-11/h5-6,11-12H,2-4H2,1H3. The fourth-order valence-corrected chi connectivity index (χ4v) is 2.67. The van der Waals surface area contributed by atoms with Crippen LogP contribution in [0, 0.1) is 18.6 Å². The van der Waals surface area contributed by atoms with Crippen LogP contribution >= 0.6 is 15.9 Å². The Morgan fingerprint density at radius 2 is 2.12 bits per heavy atom. The van der Waals surface area contributed by atoms with E-state index < -0.39 is 0 Å². The number of hydrogen-bond acceptors (Lipinski definition) is 1. The van der Waals surface area contributed by atoms with Crippen molar-refractivity contribution in [3.05, 3.63) is 34.9 Å². The van der Waals surface area contributed by atoms with E-state index in [-0.39, 0.29) is 22.6 Å². The Kier molecular flexibility index (Phi) is 3.60. The van der Waals surface area contributed by atoms with Gasteiger partial charge in [0.25, 0.3) is 0 Å². The van der Waals surface area contributed by atoms with Crippen molar-refractivity contribution < 1.29 is 13.5 Å². The smallest absolute Gasteiger partial charge is 0.128 e. The van der Waals surface area contributed by atoms with Crippen molar-refractivity contribution >= 4 is 15.9 Å². The molecule has 1 nitrogen and oxygen atoms in total. The minimum atomic E-state index is -0.378. The first kappa shape index (κ1) is 12.0. The Morgan fingerprint density at radius 3 is 2.75 bits per heavy atom. The third kappa shape index (κ3) is 2.28. The zero-order valence-electron chi connectivity index (χ0n) is 8.97. The number of halogens is 3. The topological polar surface area (TPSA) is 9.23 Å². The number of ether oxygens (including phenoxy) is 1. The van der Waals surface area contributed by atoms with Gasteiger partial charge in [0.05, 0.1) is 10.9 Å². The summed E-state index contributed by atoms with van der Waals surface area (Å²) in [6.07, 6.45) is 1.80. The van der Waals surface area contributed by atoms with Crippen LogP contribution in [0.4, 0.5) is 8.78 Å². The molecule has 1 aliphatic heterocycles. The Balaban J connectivity index is 2.28. The van der Waals surface area contributed by atoms with Gasteiger partial charge in [-0.3, -0.25) is 0 Å². The SMILES string of the molecule is Cc1cc(F)c(C(Br)C2CCCO2)cc1F. The van der Waals surface area contributed by atoms with Gasteiger partial charge in [-0.25, -0.2) is 8.78 Å². The first-order chi connectivity index (χ1) is 7.59. The maximum Gasteiger partial charge on any atom is 0.128 e. The predicted molar refractivity (Wildman–Crippen MR) is 61.7 cm³/mol. The lowest BCUT2D eigenvalue weighted by molar-refractivity contribution is 0.109. The van der Waals surface area contributed by atoms with E-state index in [0.717, 1.165) is 12.8 Å². The summed E-state index contributed by atoms with van der Waals surface area (Å²) in [7, 11) is 0. The van der Waals surface area contributed by atoms with Gasteiger partial charge in [-0.1, -0.05) is 15.9 Å². The fourth-order valence-electron chi connectivity index (χ4n) is 1.91. The Morgan fingerprint density at radius 1 is 1.38 bits per heavy atom. The zero-order chi connectivity index (χ0) is 11.7. The molecule has 2 rings (SSSR count). The van der Waals surface area contributed by atoms with Crippen molar-refractivity contribution in [1.82, 2.24) is 0 Å². The lowest BCUT2D eigenvalue weighted by atomic mass is 10.0. The van der Waals surface area contributed by atoms with E-state index >= 15 is 0 Å². The molecule has 0 spiro atoms. The van der Waals surface area contributed by atoms with E-state index in [0.29, 0.717) is 17.7 Å². The van der Waals surface area contributed by atoms with Crippen LogP contribution in [-0.4, -0.2) is 12.7 Å². The van der Waals surface area contributed by atoms with Crippen molar-refractivity contribution in [2.75, 3.05) is 6.61 Å². The summed E-state index contributed by atoms with van der Waals surface area (Å²) in [6, 6.07) is 2.49. The highest BCUT2D eigenvalue weighted by molar-refractivity contribution is 9.09. The molecule has 0 aliphatic carbocycles. The molecule has 0 aromatic heterocycles. The average Bonchev–Trinajstić information content (AvgIpc) is 2.75. The van der Waals surface area contributed by atoms with Crippen LogP contribution in [-0.2, 0) is 4.74 Å². The van der Waals surface area contributed by atoms with Gasteiger partial charge < -0.3 is 4.74 Å². The summed E-state index contributed by atoms with van der Waals surface area (Å²) < 4.78 is 32.5. The second kappa shape index (κ2) is 4.80. The highest BCUT2D eigenvalue weighted by Crippen LogP contribution is 2.35. The molecule has 4 heteroatoms. The van der Waals surface area contributed by atoms with E-state index in [4.69, 9.17) is 4.74 Å². The van der Waals surface area contributed by atoms with E-state index in [1.807, 2.05) is 0 Å². The Bertz CT molecular complexity index is 389. The van der Waals surface area contributed by atoms with Crippen LogP contribution in [0.5, 0.6) is 0 Å². The van der Waals surface area contributed by atoms with Gasteiger partial charge in [-0.2, -0.15) is 0 Å². The monoisotopic (exact) mass is 290 g/mol. The average molecular weight is 291 g/mol. The Labute approximate surface area is 102 Å². The third-order valence-corrected chi connectivity index (χ3v) is 3.95. The van der Waals surface area contributed by atoms with E-state index in [1.165, 1.54) is 12.1 Å². The molecule has 1 aromatic rings. The fraction of sp³-hybridized carbons (Fsp3) is 0.500. The van der Waals surface area contributed by atoms with Crippen LogP contribution in [0.3, 0.4) is 0 Å². The highest BCUT2D eigenvalue weighted by atomic mass is 79.9. The minimum Gasteiger partial charge on any atom is -0.377 e.